The van der Waals surface area contributed by atoms with Gasteiger partial charge in [0.25, 0.3) is 0 Å². The van der Waals surface area contributed by atoms with Crippen LogP contribution in [0.5, 0.6) is 0 Å². The topological polar surface area (TPSA) is 72.0 Å². The maximum absolute atomic E-state index is 14.1. The van der Waals surface area contributed by atoms with Gasteiger partial charge in [-0.15, -0.1) is 0 Å². The molecular formula is C34H35FN3O2PS. The third kappa shape index (κ3) is 6.13. The first-order valence-electron chi connectivity index (χ1n) is 14.1. The summed E-state index contributed by atoms with van der Waals surface area (Å²) in [5.41, 5.74) is 2.99. The van der Waals surface area contributed by atoms with Crippen molar-refractivity contribution in [3.8, 4) is 11.3 Å². The van der Waals surface area contributed by atoms with E-state index in [0.717, 1.165) is 11.3 Å². The summed E-state index contributed by atoms with van der Waals surface area (Å²) in [6.45, 7) is 5.67. The van der Waals surface area contributed by atoms with Gasteiger partial charge in [-0.3, -0.25) is 0 Å². The van der Waals surface area contributed by atoms with Crippen molar-refractivity contribution in [2.45, 2.75) is 32.9 Å². The van der Waals surface area contributed by atoms with Crippen LogP contribution in [0.15, 0.2) is 115 Å². The number of hydrogen-bond acceptors (Lipinski definition) is 4. The fourth-order valence-electron chi connectivity index (χ4n) is 5.50. The molecule has 0 radical (unpaired) electrons. The van der Waals surface area contributed by atoms with Crippen LogP contribution in [0, 0.1) is 5.82 Å². The van der Waals surface area contributed by atoms with Crippen LogP contribution < -0.4 is 20.6 Å². The van der Waals surface area contributed by atoms with E-state index in [1.807, 2.05) is 18.2 Å². The molecule has 5 aromatic rings. The second kappa shape index (κ2) is 12.5. The Morgan fingerprint density at radius 1 is 0.738 bits per heavy atom. The number of rotatable bonds is 10. The summed E-state index contributed by atoms with van der Waals surface area (Å²) in [5.74, 6) is -0.476. The molecule has 5 rings (SSSR count). The summed E-state index contributed by atoms with van der Waals surface area (Å²) in [6, 6.07) is 37.9. The number of hydrogen-bond donors (Lipinski definition) is 1. The second-order valence-electron chi connectivity index (χ2n) is 10.6. The maximum atomic E-state index is 14.1. The molecule has 0 aliphatic rings. The van der Waals surface area contributed by atoms with E-state index in [0.29, 0.717) is 17.4 Å². The minimum absolute atomic E-state index is 0.0232. The predicted octanol–water partition coefficient (Wildman–Crippen LogP) is 6.39. The predicted molar refractivity (Wildman–Crippen MR) is 175 cm³/mol. The van der Waals surface area contributed by atoms with E-state index in [2.05, 4.69) is 91.4 Å². The zero-order valence-electron chi connectivity index (χ0n) is 24.0. The first-order valence-corrected chi connectivity index (χ1v) is 17.9. The average Bonchev–Trinajstić information content (AvgIpc) is 3.01. The second-order valence-corrected chi connectivity index (χ2v) is 16.5. The van der Waals surface area contributed by atoms with Gasteiger partial charge in [0.05, 0.1) is 0 Å². The molecule has 0 aliphatic heterocycles. The van der Waals surface area contributed by atoms with Crippen molar-refractivity contribution in [1.29, 1.82) is 0 Å². The van der Waals surface area contributed by atoms with Crippen molar-refractivity contribution < 1.29 is 12.8 Å². The van der Waals surface area contributed by atoms with Gasteiger partial charge in [-0.2, -0.15) is 0 Å². The molecule has 0 atom stereocenters. The van der Waals surface area contributed by atoms with E-state index in [-0.39, 0.29) is 23.4 Å². The number of sulfonamides is 1. The number of aromatic nitrogens is 2. The normalized spacial score (nSPS) is 12.3. The van der Waals surface area contributed by atoms with Crippen LogP contribution >= 0.6 is 7.26 Å². The van der Waals surface area contributed by atoms with Gasteiger partial charge in [-0.05, 0) is 0 Å². The van der Waals surface area contributed by atoms with Crippen molar-refractivity contribution in [1.82, 2.24) is 9.97 Å². The SMILES string of the molecule is CCS(=O)(=O)Nc1nc(-c2ccc(F)cc2)c(C[PH](c2ccccc2)(c2ccccc2)c2ccccc2)c(C(C)C)n1. The number of anilines is 1. The summed E-state index contributed by atoms with van der Waals surface area (Å²) in [6.07, 6.45) is 0.617. The Morgan fingerprint density at radius 3 is 1.64 bits per heavy atom. The van der Waals surface area contributed by atoms with Gasteiger partial charge >= 0.3 is 249 Å². The van der Waals surface area contributed by atoms with Crippen LogP contribution in [0.1, 0.15) is 37.9 Å². The van der Waals surface area contributed by atoms with Crippen LogP contribution in [0.2, 0.25) is 0 Å². The minimum atomic E-state index is -3.62. The number of nitrogens with zero attached hydrogens (tertiary/aromatic N) is 2. The zero-order chi connectivity index (χ0) is 29.7. The van der Waals surface area contributed by atoms with Gasteiger partial charge in [0.15, 0.2) is 0 Å². The van der Waals surface area contributed by atoms with Crippen molar-refractivity contribution in [2.75, 3.05) is 10.5 Å². The van der Waals surface area contributed by atoms with Crippen molar-refractivity contribution >= 4 is 39.1 Å². The Labute approximate surface area is 248 Å². The summed E-state index contributed by atoms with van der Waals surface area (Å²) in [7, 11) is -6.40. The van der Waals surface area contributed by atoms with Gasteiger partial charge < -0.3 is 0 Å². The van der Waals surface area contributed by atoms with E-state index in [9.17, 15) is 12.8 Å². The van der Waals surface area contributed by atoms with Crippen LogP contribution in [0.3, 0.4) is 0 Å². The fraction of sp³-hybridized carbons (Fsp3) is 0.176. The Morgan fingerprint density at radius 2 is 1.21 bits per heavy atom. The summed E-state index contributed by atoms with van der Waals surface area (Å²) >= 11 is 0. The molecule has 0 unspecified atom stereocenters. The molecule has 5 nitrogen and oxygen atoms in total. The Kier molecular flexibility index (Phi) is 8.81. The summed E-state index contributed by atoms with van der Waals surface area (Å²) < 4.78 is 41.8. The Bertz CT molecular complexity index is 1650. The van der Waals surface area contributed by atoms with Gasteiger partial charge in [-0.1, -0.05) is 0 Å². The molecular weight excluding hydrogens is 564 g/mol. The molecule has 1 N–H and O–H groups in total. The molecule has 0 saturated carbocycles. The molecule has 0 fully saturated rings. The molecule has 42 heavy (non-hydrogen) atoms. The summed E-state index contributed by atoms with van der Waals surface area (Å²) in [5, 5.41) is 3.70. The quantitative estimate of drug-likeness (QED) is 0.189. The molecule has 0 bridgehead atoms. The van der Waals surface area contributed by atoms with Gasteiger partial charge in [0.1, 0.15) is 0 Å². The molecule has 0 amide bonds. The van der Waals surface area contributed by atoms with E-state index in [1.54, 1.807) is 19.1 Å². The van der Waals surface area contributed by atoms with Gasteiger partial charge in [0.2, 0.25) is 0 Å². The first kappa shape index (κ1) is 29.6. The zero-order valence-corrected chi connectivity index (χ0v) is 25.8. The average molecular weight is 600 g/mol. The Balaban J connectivity index is 1.86. The molecule has 1 aromatic heterocycles. The van der Waals surface area contributed by atoms with E-state index in [1.165, 1.54) is 28.0 Å². The number of benzene rings is 4. The van der Waals surface area contributed by atoms with Crippen LogP contribution in [-0.4, -0.2) is 24.1 Å². The van der Waals surface area contributed by atoms with Crippen LogP contribution in [0.25, 0.3) is 11.3 Å². The first-order chi connectivity index (χ1) is 20.2. The van der Waals surface area contributed by atoms with Crippen molar-refractivity contribution in [3.05, 3.63) is 132 Å². The van der Waals surface area contributed by atoms with E-state index >= 15 is 0 Å². The van der Waals surface area contributed by atoms with Gasteiger partial charge in [0, 0.05) is 0 Å². The van der Waals surface area contributed by atoms with E-state index < -0.39 is 17.3 Å². The monoisotopic (exact) mass is 599 g/mol. The number of nitrogens with one attached hydrogen (secondary N) is 1. The summed E-state index contributed by atoms with van der Waals surface area (Å²) in [4.78, 5) is 9.63. The third-order valence-electron chi connectivity index (χ3n) is 7.57. The molecule has 0 saturated heterocycles. The van der Waals surface area contributed by atoms with Crippen LogP contribution in [0.4, 0.5) is 10.3 Å². The van der Waals surface area contributed by atoms with Crippen molar-refractivity contribution in [2.24, 2.45) is 0 Å². The Hall–Kier alpha value is -3.93. The standard InChI is InChI=1S/C34H35FN3O2PS/c1-4-42(39,40)38-34-36-32(25(2)3)31(33(37-34)26-20-22-27(35)23-21-26)24-41(28-14-8-5-9-15-28,29-16-10-6-11-17-29)30-18-12-7-13-19-30/h5-23,25,41H,4,24H2,1-3H3,(H,36,37,38). The third-order valence-corrected chi connectivity index (χ3v) is 13.7. The molecule has 0 aliphatic carbocycles. The molecule has 0 spiro atoms. The van der Waals surface area contributed by atoms with Crippen LogP contribution in [-0.2, 0) is 16.2 Å². The molecule has 4 aromatic carbocycles. The van der Waals surface area contributed by atoms with Crippen molar-refractivity contribution in [3.63, 3.8) is 0 Å². The fourth-order valence-corrected chi connectivity index (χ4v) is 10.8. The molecule has 1 heterocycles. The van der Waals surface area contributed by atoms with Gasteiger partial charge in [-0.25, -0.2) is 0 Å². The molecule has 216 valence electrons. The number of halogens is 1. The van der Waals surface area contributed by atoms with E-state index in [4.69, 9.17) is 9.97 Å². The molecule has 8 heteroatoms.